The lowest BCUT2D eigenvalue weighted by atomic mass is 9.96. The number of rotatable bonds is 6. The SMILES string of the molecule is Cc1ccc(C(C)(F)CNC(=O)c2c(Oc3cccc(C(F)(F)F)c3)nnc3c2COCC3)c(Cl)c1. The van der Waals surface area contributed by atoms with E-state index in [2.05, 4.69) is 15.5 Å². The van der Waals surface area contributed by atoms with E-state index in [9.17, 15) is 18.0 Å². The molecular formula is C25H22ClF4N3O3. The van der Waals surface area contributed by atoms with Gasteiger partial charge in [-0.25, -0.2) is 4.39 Å². The number of aryl methyl sites for hydroxylation is 1. The van der Waals surface area contributed by atoms with Crippen molar-refractivity contribution in [1.82, 2.24) is 15.5 Å². The van der Waals surface area contributed by atoms with Crippen molar-refractivity contribution in [2.75, 3.05) is 13.2 Å². The van der Waals surface area contributed by atoms with Gasteiger partial charge in [0.2, 0.25) is 0 Å². The lowest BCUT2D eigenvalue weighted by Crippen LogP contribution is -2.37. The fourth-order valence-corrected chi connectivity index (χ4v) is 4.25. The molecule has 0 bridgehead atoms. The quantitative estimate of drug-likeness (QED) is 0.405. The summed E-state index contributed by atoms with van der Waals surface area (Å²) in [5, 5.41) is 10.8. The highest BCUT2D eigenvalue weighted by atomic mass is 35.5. The van der Waals surface area contributed by atoms with Gasteiger partial charge in [0.15, 0.2) is 5.67 Å². The molecule has 1 unspecified atom stereocenters. The molecule has 3 aromatic rings. The lowest BCUT2D eigenvalue weighted by molar-refractivity contribution is -0.137. The van der Waals surface area contributed by atoms with Crippen LogP contribution >= 0.6 is 11.6 Å². The van der Waals surface area contributed by atoms with Crippen LogP contribution in [0.1, 0.15) is 45.2 Å². The number of nitrogens with zero attached hydrogens (tertiary/aromatic N) is 2. The van der Waals surface area contributed by atoms with E-state index in [1.54, 1.807) is 18.2 Å². The fraction of sp³-hybridized carbons (Fsp3) is 0.320. The summed E-state index contributed by atoms with van der Waals surface area (Å²) in [7, 11) is 0. The molecule has 0 saturated carbocycles. The van der Waals surface area contributed by atoms with Crippen molar-refractivity contribution in [3.05, 3.63) is 81.0 Å². The summed E-state index contributed by atoms with van der Waals surface area (Å²) >= 11 is 6.21. The molecule has 0 fully saturated rings. The Balaban J connectivity index is 1.64. The third kappa shape index (κ3) is 5.60. The van der Waals surface area contributed by atoms with Gasteiger partial charge in [-0.05, 0) is 43.7 Å². The number of hydrogen-bond donors (Lipinski definition) is 1. The Hall–Kier alpha value is -3.24. The first-order chi connectivity index (χ1) is 17.0. The van der Waals surface area contributed by atoms with Crippen molar-refractivity contribution in [3.8, 4) is 11.6 Å². The maximum Gasteiger partial charge on any atom is 0.416 e. The Bertz CT molecular complexity index is 1300. The molecule has 1 N–H and O–H groups in total. The molecule has 2 heterocycles. The highest BCUT2D eigenvalue weighted by Crippen LogP contribution is 2.35. The second kappa shape index (κ2) is 10.0. The van der Waals surface area contributed by atoms with E-state index in [0.717, 1.165) is 17.7 Å². The minimum Gasteiger partial charge on any atom is -0.437 e. The van der Waals surface area contributed by atoms with Gasteiger partial charge in [-0.3, -0.25) is 4.79 Å². The van der Waals surface area contributed by atoms with Crippen LogP contribution in [-0.4, -0.2) is 29.3 Å². The summed E-state index contributed by atoms with van der Waals surface area (Å²) < 4.78 is 66.0. The van der Waals surface area contributed by atoms with Crippen LogP contribution in [0.2, 0.25) is 5.02 Å². The van der Waals surface area contributed by atoms with Gasteiger partial charge in [-0.2, -0.15) is 18.3 Å². The van der Waals surface area contributed by atoms with E-state index in [1.807, 2.05) is 6.92 Å². The third-order valence-corrected chi connectivity index (χ3v) is 6.04. The highest BCUT2D eigenvalue weighted by Gasteiger charge is 2.33. The van der Waals surface area contributed by atoms with Crippen molar-refractivity contribution in [2.45, 2.75) is 38.7 Å². The smallest absolute Gasteiger partial charge is 0.416 e. The van der Waals surface area contributed by atoms with Crippen LogP contribution in [0.4, 0.5) is 17.6 Å². The molecule has 0 spiro atoms. The van der Waals surface area contributed by atoms with Crippen LogP contribution in [0, 0.1) is 6.92 Å². The number of carbonyl (C=O) groups excluding carboxylic acids is 1. The molecule has 6 nitrogen and oxygen atoms in total. The molecule has 0 aliphatic carbocycles. The Morgan fingerprint density at radius 1 is 1.17 bits per heavy atom. The van der Waals surface area contributed by atoms with Gasteiger partial charge >= 0.3 is 6.18 Å². The van der Waals surface area contributed by atoms with Crippen molar-refractivity contribution in [1.29, 1.82) is 0 Å². The predicted octanol–water partition coefficient (Wildman–Crippen LogP) is 5.94. The average Bonchev–Trinajstić information content (AvgIpc) is 2.82. The number of ether oxygens (including phenoxy) is 2. The topological polar surface area (TPSA) is 73.3 Å². The summed E-state index contributed by atoms with van der Waals surface area (Å²) in [6.07, 6.45) is -4.20. The first kappa shape index (κ1) is 25.8. The summed E-state index contributed by atoms with van der Waals surface area (Å²) in [6.45, 7) is 3.05. The predicted molar refractivity (Wildman–Crippen MR) is 124 cm³/mol. The van der Waals surface area contributed by atoms with Crippen molar-refractivity contribution in [2.24, 2.45) is 0 Å². The molecule has 1 amide bonds. The van der Waals surface area contributed by atoms with Gasteiger partial charge in [0, 0.05) is 22.6 Å². The monoisotopic (exact) mass is 523 g/mol. The zero-order chi connectivity index (χ0) is 26.1. The largest absolute Gasteiger partial charge is 0.437 e. The second-order valence-corrected chi connectivity index (χ2v) is 9.01. The molecule has 1 aromatic heterocycles. The van der Waals surface area contributed by atoms with E-state index in [1.165, 1.54) is 19.1 Å². The number of hydrogen-bond acceptors (Lipinski definition) is 5. The van der Waals surface area contributed by atoms with Crippen LogP contribution in [0.15, 0.2) is 42.5 Å². The zero-order valence-electron chi connectivity index (χ0n) is 19.4. The number of aromatic nitrogens is 2. The van der Waals surface area contributed by atoms with Crippen LogP contribution < -0.4 is 10.1 Å². The van der Waals surface area contributed by atoms with E-state index in [-0.39, 0.29) is 34.4 Å². The van der Waals surface area contributed by atoms with Crippen molar-refractivity contribution in [3.63, 3.8) is 0 Å². The minimum atomic E-state index is -4.59. The zero-order valence-corrected chi connectivity index (χ0v) is 20.1. The van der Waals surface area contributed by atoms with Crippen LogP contribution in [0.5, 0.6) is 11.6 Å². The molecule has 11 heteroatoms. The third-order valence-electron chi connectivity index (χ3n) is 5.73. The maximum atomic E-state index is 15.5. The van der Waals surface area contributed by atoms with E-state index < -0.39 is 29.9 Å². The summed E-state index contributed by atoms with van der Waals surface area (Å²) in [6, 6.07) is 9.04. The molecule has 2 aromatic carbocycles. The van der Waals surface area contributed by atoms with Gasteiger partial charge in [-0.1, -0.05) is 29.8 Å². The Morgan fingerprint density at radius 2 is 1.94 bits per heavy atom. The van der Waals surface area contributed by atoms with Gasteiger partial charge < -0.3 is 14.8 Å². The Kier molecular flexibility index (Phi) is 7.19. The molecular weight excluding hydrogens is 502 g/mol. The first-order valence-electron chi connectivity index (χ1n) is 11.0. The number of benzene rings is 2. The summed E-state index contributed by atoms with van der Waals surface area (Å²) in [5.74, 6) is -1.24. The Morgan fingerprint density at radius 3 is 2.67 bits per heavy atom. The van der Waals surface area contributed by atoms with E-state index in [4.69, 9.17) is 21.1 Å². The number of fused-ring (bicyclic) bond motifs is 1. The number of halogens is 5. The van der Waals surface area contributed by atoms with Gasteiger partial charge in [0.1, 0.15) is 11.3 Å². The number of alkyl halides is 4. The molecule has 36 heavy (non-hydrogen) atoms. The molecule has 1 atom stereocenters. The lowest BCUT2D eigenvalue weighted by Gasteiger charge is -2.24. The molecule has 4 rings (SSSR count). The molecule has 190 valence electrons. The average molecular weight is 524 g/mol. The van der Waals surface area contributed by atoms with Crippen LogP contribution in [0.3, 0.4) is 0 Å². The first-order valence-corrected chi connectivity index (χ1v) is 11.4. The van der Waals surface area contributed by atoms with Gasteiger partial charge in [0.05, 0.1) is 31.0 Å². The Labute approximate surface area is 209 Å². The fourth-order valence-electron chi connectivity index (χ4n) is 3.81. The molecule has 1 aliphatic heterocycles. The highest BCUT2D eigenvalue weighted by molar-refractivity contribution is 6.31. The molecule has 0 radical (unpaired) electrons. The van der Waals surface area contributed by atoms with Gasteiger partial charge in [-0.15, -0.1) is 5.10 Å². The minimum absolute atomic E-state index is 0.0171. The number of nitrogens with one attached hydrogen (secondary N) is 1. The van der Waals surface area contributed by atoms with Crippen molar-refractivity contribution < 1.29 is 31.8 Å². The van der Waals surface area contributed by atoms with Crippen molar-refractivity contribution >= 4 is 17.5 Å². The second-order valence-electron chi connectivity index (χ2n) is 8.60. The van der Waals surface area contributed by atoms with Crippen LogP contribution in [0.25, 0.3) is 0 Å². The summed E-state index contributed by atoms with van der Waals surface area (Å²) in [5.41, 5.74) is -1.09. The van der Waals surface area contributed by atoms with E-state index in [0.29, 0.717) is 24.3 Å². The maximum absolute atomic E-state index is 15.5. The standard InChI is InChI=1S/C25H22ClF4N3O3/c1-14-6-7-18(19(26)10-14)24(2,27)13-31-22(34)21-17-12-35-9-8-20(17)32-33-23(21)36-16-5-3-4-15(11-16)25(28,29)30/h3-7,10-11H,8-9,12-13H2,1-2H3,(H,31,34). The van der Waals surface area contributed by atoms with Gasteiger partial charge in [0.25, 0.3) is 11.8 Å². The summed E-state index contributed by atoms with van der Waals surface area (Å²) in [4.78, 5) is 13.3. The van der Waals surface area contributed by atoms with Crippen LogP contribution in [-0.2, 0) is 29.6 Å². The molecule has 0 saturated heterocycles. The molecule has 1 aliphatic rings. The normalized spacial score (nSPS) is 15.1. The number of carbonyl (C=O) groups is 1. The number of amides is 1. The van der Waals surface area contributed by atoms with E-state index >= 15 is 4.39 Å².